The lowest BCUT2D eigenvalue weighted by Crippen LogP contribution is -2.46. The van der Waals surface area contributed by atoms with Crippen molar-refractivity contribution in [1.29, 1.82) is 0 Å². The second-order valence-corrected chi connectivity index (χ2v) is 12.4. The van der Waals surface area contributed by atoms with Crippen LogP contribution in [-0.2, 0) is 5.41 Å². The highest BCUT2D eigenvalue weighted by molar-refractivity contribution is 6.05. The molecule has 1 spiro atoms. The summed E-state index contributed by atoms with van der Waals surface area (Å²) in [6, 6.07) is 19.9. The number of aromatic hydroxyl groups is 1. The third-order valence-corrected chi connectivity index (χ3v) is 11.1. The molecule has 0 aliphatic heterocycles. The van der Waals surface area contributed by atoms with Gasteiger partial charge in [0.15, 0.2) is 0 Å². The maximum atomic E-state index is 11.1. The number of phenols is 1. The van der Waals surface area contributed by atoms with Crippen molar-refractivity contribution in [3.05, 3.63) is 65.7 Å². The van der Waals surface area contributed by atoms with Gasteiger partial charge in [0.25, 0.3) is 0 Å². The van der Waals surface area contributed by atoms with E-state index in [9.17, 15) is 5.11 Å². The molecular formula is C34H40O. The first-order valence-corrected chi connectivity index (χ1v) is 14.6. The van der Waals surface area contributed by atoms with E-state index >= 15 is 0 Å². The van der Waals surface area contributed by atoms with Gasteiger partial charge in [-0.3, -0.25) is 0 Å². The first kappa shape index (κ1) is 22.0. The molecule has 3 fully saturated rings. The van der Waals surface area contributed by atoms with Crippen molar-refractivity contribution in [2.75, 3.05) is 0 Å². The highest BCUT2D eigenvalue weighted by Crippen LogP contribution is 2.65. The van der Waals surface area contributed by atoms with Crippen LogP contribution in [0.4, 0.5) is 0 Å². The van der Waals surface area contributed by atoms with E-state index in [0.29, 0.717) is 11.2 Å². The van der Waals surface area contributed by atoms with Crippen LogP contribution < -0.4 is 0 Å². The third-order valence-electron chi connectivity index (χ3n) is 11.1. The Morgan fingerprint density at radius 1 is 0.600 bits per heavy atom. The van der Waals surface area contributed by atoms with E-state index in [1.165, 1.54) is 118 Å². The van der Waals surface area contributed by atoms with E-state index in [2.05, 4.69) is 48.5 Å². The summed E-state index contributed by atoms with van der Waals surface area (Å²) in [6.45, 7) is 0. The standard InChI is InChI=1S/C34H40O/c35-31-23-30-32(27-16-8-7-15-26(27)31)28-17-9-10-18-29(28)34(30)21-19-33(20-22-34,24-11-3-1-4-12-24)25-13-5-2-6-14-25/h7-10,15-18,23-25,35H,1-6,11-14,19-22H2. The van der Waals surface area contributed by atoms with E-state index in [4.69, 9.17) is 0 Å². The van der Waals surface area contributed by atoms with Crippen LogP contribution in [-0.4, -0.2) is 5.11 Å². The van der Waals surface area contributed by atoms with Gasteiger partial charge in [-0.15, -0.1) is 0 Å². The molecule has 1 N–H and O–H groups in total. The second kappa shape index (κ2) is 8.39. The van der Waals surface area contributed by atoms with E-state index < -0.39 is 0 Å². The first-order chi connectivity index (χ1) is 17.2. The fraction of sp³-hybridized carbons (Fsp3) is 0.529. The number of hydrogen-bond donors (Lipinski definition) is 1. The van der Waals surface area contributed by atoms with Gasteiger partial charge in [-0.2, -0.15) is 0 Å². The fourth-order valence-electron chi connectivity index (χ4n) is 9.47. The summed E-state index contributed by atoms with van der Waals surface area (Å²) in [5.41, 5.74) is 6.39. The summed E-state index contributed by atoms with van der Waals surface area (Å²) < 4.78 is 0. The molecule has 1 nitrogen and oxygen atoms in total. The van der Waals surface area contributed by atoms with Gasteiger partial charge in [-0.25, -0.2) is 0 Å². The van der Waals surface area contributed by atoms with Gasteiger partial charge in [-0.1, -0.05) is 87.1 Å². The molecule has 4 aliphatic rings. The third kappa shape index (κ3) is 3.19. The van der Waals surface area contributed by atoms with Gasteiger partial charge in [0, 0.05) is 10.8 Å². The molecule has 0 aromatic heterocycles. The normalized spacial score (nSPS) is 23.9. The number of rotatable bonds is 2. The molecule has 0 unspecified atom stereocenters. The minimum Gasteiger partial charge on any atom is -0.507 e. The zero-order valence-electron chi connectivity index (χ0n) is 21.2. The van der Waals surface area contributed by atoms with Crippen molar-refractivity contribution in [3.63, 3.8) is 0 Å². The Bertz CT molecular complexity index is 1210. The van der Waals surface area contributed by atoms with E-state index in [1.54, 1.807) is 0 Å². The van der Waals surface area contributed by atoms with Crippen LogP contribution >= 0.6 is 0 Å². The molecule has 0 saturated heterocycles. The molecule has 3 aromatic rings. The second-order valence-electron chi connectivity index (χ2n) is 12.4. The maximum Gasteiger partial charge on any atom is 0.123 e. The van der Waals surface area contributed by atoms with E-state index in [0.717, 1.165) is 17.2 Å². The van der Waals surface area contributed by atoms with E-state index in [-0.39, 0.29) is 5.41 Å². The SMILES string of the molecule is Oc1cc2c(c3ccccc13)-c1ccccc1C21CCC(C2CCCCC2)(C2CCCCC2)CC1. The summed E-state index contributed by atoms with van der Waals surface area (Å²) in [5, 5.41) is 13.4. The summed E-state index contributed by atoms with van der Waals surface area (Å²) in [4.78, 5) is 0. The van der Waals surface area contributed by atoms with Crippen LogP contribution in [0, 0.1) is 17.3 Å². The van der Waals surface area contributed by atoms with Crippen LogP contribution in [0.3, 0.4) is 0 Å². The lowest BCUT2D eigenvalue weighted by atomic mass is 9.49. The number of hydrogen-bond acceptors (Lipinski definition) is 1. The molecule has 4 aliphatic carbocycles. The van der Waals surface area contributed by atoms with Crippen LogP contribution in [0.15, 0.2) is 54.6 Å². The fourth-order valence-corrected chi connectivity index (χ4v) is 9.47. The van der Waals surface area contributed by atoms with Crippen molar-refractivity contribution >= 4 is 10.8 Å². The maximum absolute atomic E-state index is 11.1. The van der Waals surface area contributed by atoms with Gasteiger partial charge in [0.05, 0.1) is 0 Å². The van der Waals surface area contributed by atoms with Gasteiger partial charge >= 0.3 is 0 Å². The molecule has 3 saturated carbocycles. The van der Waals surface area contributed by atoms with Crippen molar-refractivity contribution in [2.24, 2.45) is 17.3 Å². The van der Waals surface area contributed by atoms with E-state index in [1.807, 2.05) is 6.07 Å². The Hall–Kier alpha value is -2.28. The summed E-state index contributed by atoms with van der Waals surface area (Å²) in [7, 11) is 0. The Morgan fingerprint density at radius 2 is 1.17 bits per heavy atom. The number of fused-ring (bicyclic) bond motifs is 7. The molecule has 0 radical (unpaired) electrons. The number of phenolic OH excluding ortho intramolecular Hbond substituents is 1. The highest BCUT2D eigenvalue weighted by Gasteiger charge is 2.54. The molecule has 3 aromatic carbocycles. The lowest BCUT2D eigenvalue weighted by Gasteiger charge is -2.55. The average molecular weight is 465 g/mol. The van der Waals surface area contributed by atoms with Gasteiger partial charge < -0.3 is 5.11 Å². The average Bonchev–Trinajstić information content (AvgIpc) is 3.20. The number of benzene rings is 3. The lowest BCUT2D eigenvalue weighted by molar-refractivity contribution is -0.0257. The van der Waals surface area contributed by atoms with Crippen molar-refractivity contribution in [3.8, 4) is 16.9 Å². The molecule has 7 rings (SSSR count). The predicted molar refractivity (Wildman–Crippen MR) is 146 cm³/mol. The molecule has 0 bridgehead atoms. The largest absolute Gasteiger partial charge is 0.507 e. The highest BCUT2D eigenvalue weighted by atomic mass is 16.3. The molecular weight excluding hydrogens is 424 g/mol. The first-order valence-electron chi connectivity index (χ1n) is 14.6. The molecule has 35 heavy (non-hydrogen) atoms. The quantitative estimate of drug-likeness (QED) is 0.400. The topological polar surface area (TPSA) is 20.2 Å². The molecule has 0 heterocycles. The van der Waals surface area contributed by atoms with Crippen molar-refractivity contribution in [2.45, 2.75) is 95.3 Å². The minimum atomic E-state index is 0.0697. The minimum absolute atomic E-state index is 0.0697. The van der Waals surface area contributed by atoms with Gasteiger partial charge in [-0.05, 0) is 102 Å². The summed E-state index contributed by atoms with van der Waals surface area (Å²) in [5.74, 6) is 2.35. The van der Waals surface area contributed by atoms with Crippen LogP contribution in [0.2, 0.25) is 0 Å². The van der Waals surface area contributed by atoms with Gasteiger partial charge in [0.1, 0.15) is 5.75 Å². The smallest absolute Gasteiger partial charge is 0.123 e. The molecule has 182 valence electrons. The summed E-state index contributed by atoms with van der Waals surface area (Å²) in [6.07, 6.45) is 19.9. The Labute approximate surface area is 211 Å². The molecule has 0 atom stereocenters. The zero-order chi connectivity index (χ0) is 23.5. The monoisotopic (exact) mass is 464 g/mol. The Balaban J connectivity index is 1.34. The van der Waals surface area contributed by atoms with Crippen molar-refractivity contribution < 1.29 is 5.11 Å². The van der Waals surface area contributed by atoms with Gasteiger partial charge in [0.2, 0.25) is 0 Å². The molecule has 1 heteroatoms. The van der Waals surface area contributed by atoms with Crippen molar-refractivity contribution in [1.82, 2.24) is 0 Å². The summed E-state index contributed by atoms with van der Waals surface area (Å²) >= 11 is 0. The van der Waals surface area contributed by atoms with Crippen LogP contribution in [0.1, 0.15) is 101 Å². The zero-order valence-corrected chi connectivity index (χ0v) is 21.2. The Kier molecular flexibility index (Phi) is 5.27. The van der Waals surface area contributed by atoms with Crippen LogP contribution in [0.25, 0.3) is 21.9 Å². The predicted octanol–water partition coefficient (Wildman–Crippen LogP) is 9.53. The Morgan fingerprint density at radius 3 is 1.83 bits per heavy atom. The molecule has 0 amide bonds. The van der Waals surface area contributed by atoms with Crippen LogP contribution in [0.5, 0.6) is 5.75 Å².